The highest BCUT2D eigenvalue weighted by Gasteiger charge is 2.28. The van der Waals surface area contributed by atoms with Gasteiger partial charge in [0, 0.05) is 62.4 Å². The lowest BCUT2D eigenvalue weighted by Crippen LogP contribution is -2.39. The zero-order chi connectivity index (χ0) is 19.8. The van der Waals surface area contributed by atoms with Crippen LogP contribution in [0.2, 0.25) is 0 Å². The standard InChI is InChI=1S/C21H26N6O/c1-14-8-17(18-10-22-25(3)11-18)9-20(23-14)16-6-5-7-27(12-16)21(28)19-13-26(4)24-15(19)2/h8-11,13,16H,5-7,12H2,1-4H3/t16-/m1/s1. The van der Waals surface area contributed by atoms with Crippen molar-refractivity contribution in [1.29, 1.82) is 0 Å². The lowest BCUT2D eigenvalue weighted by atomic mass is 9.92. The van der Waals surface area contributed by atoms with Crippen LogP contribution in [0.25, 0.3) is 11.1 Å². The van der Waals surface area contributed by atoms with E-state index >= 15 is 0 Å². The molecule has 1 atom stereocenters. The summed E-state index contributed by atoms with van der Waals surface area (Å²) in [7, 11) is 3.77. The van der Waals surface area contributed by atoms with Gasteiger partial charge in [0.1, 0.15) is 0 Å². The largest absolute Gasteiger partial charge is 0.338 e. The molecule has 1 aliphatic rings. The minimum Gasteiger partial charge on any atom is -0.338 e. The Morgan fingerprint density at radius 1 is 1.11 bits per heavy atom. The van der Waals surface area contributed by atoms with Crippen molar-refractivity contribution in [2.24, 2.45) is 14.1 Å². The van der Waals surface area contributed by atoms with Crippen molar-refractivity contribution in [1.82, 2.24) is 29.4 Å². The Kier molecular flexibility index (Phi) is 4.75. The van der Waals surface area contributed by atoms with Crippen LogP contribution in [0.1, 0.15) is 46.2 Å². The Morgan fingerprint density at radius 2 is 1.93 bits per heavy atom. The van der Waals surface area contributed by atoms with Crippen LogP contribution in [0.5, 0.6) is 0 Å². The highest BCUT2D eigenvalue weighted by Crippen LogP contribution is 2.30. The minimum absolute atomic E-state index is 0.0652. The maximum atomic E-state index is 13.0. The zero-order valence-electron chi connectivity index (χ0n) is 16.9. The number of carbonyl (C=O) groups excluding carboxylic acids is 1. The molecule has 28 heavy (non-hydrogen) atoms. The van der Waals surface area contributed by atoms with Crippen LogP contribution in [-0.4, -0.2) is 48.4 Å². The average Bonchev–Trinajstić information content (AvgIpc) is 3.25. The minimum atomic E-state index is 0.0652. The first kappa shape index (κ1) is 18.4. The quantitative estimate of drug-likeness (QED) is 0.703. The number of hydrogen-bond acceptors (Lipinski definition) is 4. The Hall–Kier alpha value is -2.96. The van der Waals surface area contributed by atoms with E-state index < -0.39 is 0 Å². The third kappa shape index (κ3) is 3.56. The van der Waals surface area contributed by atoms with Gasteiger partial charge in [0.2, 0.25) is 0 Å². The summed E-state index contributed by atoms with van der Waals surface area (Å²) in [5.41, 5.74) is 5.73. The molecule has 0 spiro atoms. The van der Waals surface area contributed by atoms with Gasteiger partial charge in [0.15, 0.2) is 0 Å². The molecule has 0 unspecified atom stereocenters. The van der Waals surface area contributed by atoms with Gasteiger partial charge in [0.25, 0.3) is 5.91 Å². The molecule has 1 aliphatic heterocycles. The smallest absolute Gasteiger partial charge is 0.257 e. The summed E-state index contributed by atoms with van der Waals surface area (Å²) in [6.45, 7) is 5.38. The molecule has 1 saturated heterocycles. The maximum absolute atomic E-state index is 13.0. The highest BCUT2D eigenvalue weighted by atomic mass is 16.2. The van der Waals surface area contributed by atoms with Crippen molar-refractivity contribution >= 4 is 5.91 Å². The summed E-state index contributed by atoms with van der Waals surface area (Å²) in [4.78, 5) is 19.8. The Balaban J connectivity index is 1.59. The Labute approximate surface area is 165 Å². The second-order valence-electron chi connectivity index (χ2n) is 7.72. The second kappa shape index (κ2) is 7.22. The van der Waals surface area contributed by atoms with Gasteiger partial charge in [-0.1, -0.05) is 0 Å². The van der Waals surface area contributed by atoms with E-state index in [1.165, 1.54) is 0 Å². The number of pyridine rings is 1. The summed E-state index contributed by atoms with van der Waals surface area (Å²) in [5, 5.41) is 8.59. The van der Waals surface area contributed by atoms with Gasteiger partial charge in [-0.3, -0.25) is 19.1 Å². The van der Waals surface area contributed by atoms with Crippen molar-refractivity contribution in [3.8, 4) is 11.1 Å². The molecule has 1 amide bonds. The van der Waals surface area contributed by atoms with Crippen molar-refractivity contribution in [2.45, 2.75) is 32.6 Å². The highest BCUT2D eigenvalue weighted by molar-refractivity contribution is 5.95. The van der Waals surface area contributed by atoms with E-state index in [2.05, 4.69) is 22.3 Å². The number of likely N-dealkylation sites (tertiary alicyclic amines) is 1. The van der Waals surface area contributed by atoms with Crippen LogP contribution in [0.3, 0.4) is 0 Å². The molecule has 0 saturated carbocycles. The summed E-state index contributed by atoms with van der Waals surface area (Å²) in [6, 6.07) is 4.24. The third-order valence-corrected chi connectivity index (χ3v) is 5.38. The third-order valence-electron chi connectivity index (χ3n) is 5.38. The van der Waals surface area contributed by atoms with E-state index in [9.17, 15) is 4.79 Å². The molecule has 3 aromatic heterocycles. The van der Waals surface area contributed by atoms with E-state index in [0.29, 0.717) is 12.1 Å². The number of amides is 1. The molecule has 0 aliphatic carbocycles. The van der Waals surface area contributed by atoms with Gasteiger partial charge < -0.3 is 4.90 Å². The molecule has 7 heteroatoms. The molecule has 0 bridgehead atoms. The summed E-state index contributed by atoms with van der Waals surface area (Å²) >= 11 is 0. The van der Waals surface area contributed by atoms with Crippen molar-refractivity contribution in [3.63, 3.8) is 0 Å². The first-order chi connectivity index (χ1) is 13.4. The van der Waals surface area contributed by atoms with Gasteiger partial charge in [0.05, 0.1) is 17.5 Å². The van der Waals surface area contributed by atoms with Crippen LogP contribution in [0.15, 0.2) is 30.7 Å². The van der Waals surface area contributed by atoms with Gasteiger partial charge >= 0.3 is 0 Å². The molecule has 7 nitrogen and oxygen atoms in total. The number of aromatic nitrogens is 5. The van der Waals surface area contributed by atoms with E-state index in [1.54, 1.807) is 4.68 Å². The Morgan fingerprint density at radius 3 is 2.61 bits per heavy atom. The Bertz CT molecular complexity index is 1020. The van der Waals surface area contributed by atoms with Gasteiger partial charge in [-0.2, -0.15) is 10.2 Å². The predicted molar refractivity (Wildman–Crippen MR) is 107 cm³/mol. The summed E-state index contributed by atoms with van der Waals surface area (Å²) in [6.07, 6.45) is 7.72. The number of piperidine rings is 1. The molecular weight excluding hydrogens is 352 g/mol. The van der Waals surface area contributed by atoms with Crippen LogP contribution >= 0.6 is 0 Å². The van der Waals surface area contributed by atoms with Crippen molar-refractivity contribution in [3.05, 3.63) is 53.4 Å². The van der Waals surface area contributed by atoms with Gasteiger partial charge in [-0.15, -0.1) is 0 Å². The number of hydrogen-bond donors (Lipinski definition) is 0. The van der Waals surface area contributed by atoms with E-state index in [-0.39, 0.29) is 11.8 Å². The molecule has 4 heterocycles. The van der Waals surface area contributed by atoms with Crippen molar-refractivity contribution in [2.75, 3.05) is 13.1 Å². The number of aryl methyl sites for hydroxylation is 4. The van der Waals surface area contributed by atoms with Gasteiger partial charge in [-0.05, 0) is 44.4 Å². The van der Waals surface area contributed by atoms with Gasteiger partial charge in [-0.25, -0.2) is 0 Å². The maximum Gasteiger partial charge on any atom is 0.257 e. The number of carbonyl (C=O) groups is 1. The number of nitrogens with zero attached hydrogens (tertiary/aromatic N) is 6. The lowest BCUT2D eigenvalue weighted by molar-refractivity contribution is 0.0705. The molecule has 146 valence electrons. The molecule has 0 aromatic carbocycles. The number of rotatable bonds is 3. The van der Waals surface area contributed by atoms with E-state index in [1.807, 2.05) is 56.1 Å². The van der Waals surface area contributed by atoms with E-state index in [4.69, 9.17) is 4.98 Å². The fourth-order valence-electron chi connectivity index (χ4n) is 4.02. The molecule has 0 radical (unpaired) electrons. The molecule has 0 N–H and O–H groups in total. The van der Waals surface area contributed by atoms with Crippen LogP contribution in [0.4, 0.5) is 0 Å². The first-order valence-corrected chi connectivity index (χ1v) is 9.68. The average molecular weight is 378 g/mol. The summed E-state index contributed by atoms with van der Waals surface area (Å²) < 4.78 is 3.51. The fourth-order valence-corrected chi connectivity index (χ4v) is 4.02. The predicted octanol–water partition coefficient (Wildman–Crippen LogP) is 2.85. The topological polar surface area (TPSA) is 68.8 Å². The van der Waals surface area contributed by atoms with Crippen molar-refractivity contribution < 1.29 is 4.79 Å². The zero-order valence-corrected chi connectivity index (χ0v) is 16.9. The van der Waals surface area contributed by atoms with Crippen LogP contribution in [-0.2, 0) is 14.1 Å². The SMILES string of the molecule is Cc1cc(-c2cnn(C)c2)cc([C@@H]2CCCN(C(=O)c3cn(C)nc3C)C2)n1. The first-order valence-electron chi connectivity index (χ1n) is 9.68. The molecular formula is C21H26N6O. The van der Waals surface area contributed by atoms with E-state index in [0.717, 1.165) is 47.6 Å². The monoisotopic (exact) mass is 378 g/mol. The van der Waals surface area contributed by atoms with Crippen LogP contribution in [0, 0.1) is 13.8 Å². The van der Waals surface area contributed by atoms with Crippen LogP contribution < -0.4 is 0 Å². The molecule has 4 rings (SSSR count). The molecule has 3 aromatic rings. The molecule has 1 fully saturated rings. The lowest BCUT2D eigenvalue weighted by Gasteiger charge is -2.32. The summed E-state index contributed by atoms with van der Waals surface area (Å²) in [5.74, 6) is 0.306. The fraction of sp³-hybridized carbons (Fsp3) is 0.429. The second-order valence-corrected chi connectivity index (χ2v) is 7.72. The normalized spacial score (nSPS) is 17.1.